The van der Waals surface area contributed by atoms with Gasteiger partial charge in [-0.1, -0.05) is 18.2 Å². The van der Waals surface area contributed by atoms with Crippen molar-refractivity contribution in [3.8, 4) is 5.75 Å². The number of methoxy groups -OCH3 is 1. The molecule has 0 radical (unpaired) electrons. The Hall–Kier alpha value is -2.63. The summed E-state index contributed by atoms with van der Waals surface area (Å²) in [5.74, 6) is -0.379. The third-order valence-corrected chi connectivity index (χ3v) is 3.37. The van der Waals surface area contributed by atoms with Crippen molar-refractivity contribution in [2.75, 3.05) is 20.3 Å². The second kappa shape index (κ2) is 7.40. The summed E-state index contributed by atoms with van der Waals surface area (Å²) in [6.45, 7) is 0.468. The van der Waals surface area contributed by atoms with Gasteiger partial charge in [-0.05, 0) is 18.1 Å². The summed E-state index contributed by atoms with van der Waals surface area (Å²) in [5, 5.41) is 2.71. The lowest BCUT2D eigenvalue weighted by Crippen LogP contribution is -2.37. The molecular weight excluding hydrogens is 286 g/mol. The molecule has 0 spiro atoms. The number of hydrogen-bond donors (Lipinski definition) is 1. The van der Waals surface area contributed by atoms with Crippen molar-refractivity contribution in [3.05, 3.63) is 41.5 Å². The molecule has 1 aromatic carbocycles. The largest absolute Gasteiger partial charge is 0.492 e. The van der Waals surface area contributed by atoms with Gasteiger partial charge in [-0.2, -0.15) is 0 Å². The first-order valence-electron chi connectivity index (χ1n) is 6.87. The highest BCUT2D eigenvalue weighted by molar-refractivity contribution is 5.83. The first kappa shape index (κ1) is 15.8. The van der Waals surface area contributed by atoms with E-state index in [1.807, 2.05) is 6.07 Å². The lowest BCUT2D eigenvalue weighted by atomic mass is 9.94. The van der Waals surface area contributed by atoms with Gasteiger partial charge in [0.15, 0.2) is 6.29 Å². The molecule has 1 unspecified atom stereocenters. The van der Waals surface area contributed by atoms with Gasteiger partial charge in [0, 0.05) is 12.6 Å². The number of ether oxygens (including phenoxy) is 2. The molecule has 1 aliphatic heterocycles. The Morgan fingerprint density at radius 2 is 2.27 bits per heavy atom. The van der Waals surface area contributed by atoms with Crippen LogP contribution in [0.5, 0.6) is 5.75 Å². The lowest BCUT2D eigenvalue weighted by molar-refractivity contribution is -0.135. The lowest BCUT2D eigenvalue weighted by Gasteiger charge is -2.25. The molecule has 0 saturated heterocycles. The minimum atomic E-state index is -0.467. The predicted molar refractivity (Wildman–Crippen MR) is 78.7 cm³/mol. The molecule has 1 aliphatic rings. The molecule has 0 aromatic heterocycles. The van der Waals surface area contributed by atoms with E-state index in [2.05, 4.69) is 10.1 Å². The molecule has 2 rings (SSSR count). The van der Waals surface area contributed by atoms with Crippen LogP contribution in [0.2, 0.25) is 0 Å². The Morgan fingerprint density at radius 1 is 1.45 bits per heavy atom. The zero-order valence-corrected chi connectivity index (χ0v) is 12.2. The minimum Gasteiger partial charge on any atom is -0.492 e. The normalized spacial score (nSPS) is 16.5. The summed E-state index contributed by atoms with van der Waals surface area (Å²) in [4.78, 5) is 33.9. The number of para-hydroxylation sites is 1. The summed E-state index contributed by atoms with van der Waals surface area (Å²) in [6.07, 6.45) is 4.04. The fourth-order valence-corrected chi connectivity index (χ4v) is 2.24. The van der Waals surface area contributed by atoms with Gasteiger partial charge in [-0.15, -0.1) is 0 Å². The van der Waals surface area contributed by atoms with E-state index in [-0.39, 0.29) is 25.0 Å². The van der Waals surface area contributed by atoms with E-state index < -0.39 is 5.97 Å². The summed E-state index contributed by atoms with van der Waals surface area (Å²) in [5.41, 5.74) is 1.35. The van der Waals surface area contributed by atoms with Crippen LogP contribution in [0, 0.1) is 5.92 Å². The number of carbonyl (C=O) groups excluding carboxylic acids is 3. The summed E-state index contributed by atoms with van der Waals surface area (Å²) in [6, 6.07) is 5.30. The summed E-state index contributed by atoms with van der Waals surface area (Å²) >= 11 is 0. The topological polar surface area (TPSA) is 81.7 Å². The zero-order chi connectivity index (χ0) is 15.9. The van der Waals surface area contributed by atoms with Gasteiger partial charge in [0.05, 0.1) is 18.6 Å². The second-order valence-electron chi connectivity index (χ2n) is 4.84. The van der Waals surface area contributed by atoms with E-state index in [4.69, 9.17) is 4.74 Å². The molecule has 1 aromatic rings. The SMILES string of the molecule is COC(=O)/C=C/CNC(=O)C1COc2c(C=O)cccc2C1. The quantitative estimate of drug-likeness (QED) is 0.496. The van der Waals surface area contributed by atoms with Gasteiger partial charge >= 0.3 is 5.97 Å². The van der Waals surface area contributed by atoms with Crippen LogP contribution < -0.4 is 10.1 Å². The van der Waals surface area contributed by atoms with E-state index in [1.54, 1.807) is 12.1 Å². The fraction of sp³-hybridized carbons (Fsp3) is 0.312. The highest BCUT2D eigenvalue weighted by Gasteiger charge is 2.26. The van der Waals surface area contributed by atoms with Crippen LogP contribution in [0.15, 0.2) is 30.4 Å². The summed E-state index contributed by atoms with van der Waals surface area (Å²) < 4.78 is 10.0. The molecule has 0 saturated carbocycles. The molecule has 6 heteroatoms. The number of rotatable bonds is 5. The van der Waals surface area contributed by atoms with Gasteiger partial charge in [-0.3, -0.25) is 9.59 Å². The average Bonchev–Trinajstić information content (AvgIpc) is 2.57. The third-order valence-electron chi connectivity index (χ3n) is 3.37. The molecular formula is C16H17NO5. The van der Waals surface area contributed by atoms with E-state index in [9.17, 15) is 14.4 Å². The Bertz CT molecular complexity index is 609. The third kappa shape index (κ3) is 3.72. The maximum absolute atomic E-state index is 12.1. The first-order chi connectivity index (χ1) is 10.7. The van der Waals surface area contributed by atoms with Crippen molar-refractivity contribution >= 4 is 18.2 Å². The number of aldehydes is 1. The standard InChI is InChI=1S/C16H17NO5/c1-21-14(19)6-3-7-17-16(20)13-8-11-4-2-5-12(9-18)15(11)22-10-13/h2-6,9,13H,7-8,10H2,1H3,(H,17,20)/b6-3+. The highest BCUT2D eigenvalue weighted by atomic mass is 16.5. The molecule has 1 amide bonds. The number of benzene rings is 1. The molecule has 6 nitrogen and oxygen atoms in total. The van der Waals surface area contributed by atoms with Crippen molar-refractivity contribution in [2.45, 2.75) is 6.42 Å². The zero-order valence-electron chi connectivity index (χ0n) is 12.2. The molecule has 0 aliphatic carbocycles. The van der Waals surface area contributed by atoms with Gasteiger partial charge < -0.3 is 14.8 Å². The fourth-order valence-electron chi connectivity index (χ4n) is 2.24. The number of nitrogens with one attached hydrogen (secondary N) is 1. The second-order valence-corrected chi connectivity index (χ2v) is 4.84. The number of amides is 1. The Morgan fingerprint density at radius 3 is 3.00 bits per heavy atom. The maximum atomic E-state index is 12.1. The first-order valence-corrected chi connectivity index (χ1v) is 6.87. The Balaban J connectivity index is 1.92. The molecule has 22 heavy (non-hydrogen) atoms. The molecule has 116 valence electrons. The van der Waals surface area contributed by atoms with E-state index in [1.165, 1.54) is 19.3 Å². The van der Waals surface area contributed by atoms with Crippen LogP contribution in [0.3, 0.4) is 0 Å². The average molecular weight is 303 g/mol. The van der Waals surface area contributed by atoms with Crippen molar-refractivity contribution < 1.29 is 23.9 Å². The van der Waals surface area contributed by atoms with Crippen molar-refractivity contribution in [3.63, 3.8) is 0 Å². The molecule has 1 N–H and O–H groups in total. The monoisotopic (exact) mass is 303 g/mol. The van der Waals surface area contributed by atoms with Crippen molar-refractivity contribution in [2.24, 2.45) is 5.92 Å². The van der Waals surface area contributed by atoms with Crippen LogP contribution in [0.25, 0.3) is 0 Å². The Labute approximate surface area is 128 Å². The smallest absolute Gasteiger partial charge is 0.330 e. The van der Waals surface area contributed by atoms with Crippen molar-refractivity contribution in [1.29, 1.82) is 0 Å². The Kier molecular flexibility index (Phi) is 5.30. The highest BCUT2D eigenvalue weighted by Crippen LogP contribution is 2.30. The van der Waals surface area contributed by atoms with Gasteiger partial charge in [0.25, 0.3) is 0 Å². The van der Waals surface area contributed by atoms with E-state index >= 15 is 0 Å². The number of esters is 1. The van der Waals surface area contributed by atoms with Gasteiger partial charge in [0.2, 0.25) is 5.91 Å². The van der Waals surface area contributed by atoms with Crippen LogP contribution in [-0.4, -0.2) is 38.4 Å². The van der Waals surface area contributed by atoms with Crippen LogP contribution in [0.4, 0.5) is 0 Å². The maximum Gasteiger partial charge on any atom is 0.330 e. The van der Waals surface area contributed by atoms with E-state index in [0.29, 0.717) is 17.7 Å². The van der Waals surface area contributed by atoms with Crippen LogP contribution >= 0.6 is 0 Å². The number of carbonyl (C=O) groups is 3. The van der Waals surface area contributed by atoms with Crippen LogP contribution in [-0.2, 0) is 20.7 Å². The molecule has 1 atom stereocenters. The number of hydrogen-bond acceptors (Lipinski definition) is 5. The summed E-state index contributed by atoms with van der Waals surface area (Å²) in [7, 11) is 1.29. The minimum absolute atomic E-state index is 0.156. The van der Waals surface area contributed by atoms with E-state index in [0.717, 1.165) is 11.8 Å². The molecule has 0 bridgehead atoms. The molecule has 1 heterocycles. The van der Waals surface area contributed by atoms with Gasteiger partial charge in [0.1, 0.15) is 12.4 Å². The van der Waals surface area contributed by atoms with Crippen LogP contribution in [0.1, 0.15) is 15.9 Å². The molecule has 0 fully saturated rings. The predicted octanol–water partition coefficient (Wildman–Crippen LogP) is 0.896. The van der Waals surface area contributed by atoms with Gasteiger partial charge in [-0.25, -0.2) is 4.79 Å². The van der Waals surface area contributed by atoms with Crippen molar-refractivity contribution in [1.82, 2.24) is 5.32 Å². The number of fused-ring (bicyclic) bond motifs is 1.